The molecule has 6 heteroatoms. The van der Waals surface area contributed by atoms with Gasteiger partial charge in [-0.05, 0) is 12.5 Å². The van der Waals surface area contributed by atoms with Crippen molar-refractivity contribution in [1.29, 1.82) is 0 Å². The molecule has 1 atom stereocenters. The number of hydrogen-bond donors (Lipinski definition) is 1. The molecule has 1 aromatic carbocycles. The predicted octanol–water partition coefficient (Wildman–Crippen LogP) is 1.01. The fourth-order valence-electron chi connectivity index (χ4n) is 1.07. The van der Waals surface area contributed by atoms with Gasteiger partial charge in [-0.1, -0.05) is 30.3 Å². The predicted molar refractivity (Wildman–Crippen MR) is 57.2 cm³/mol. The summed E-state index contributed by atoms with van der Waals surface area (Å²) in [6.45, 7) is 1.17. The molecule has 0 bridgehead atoms. The molecular weight excluding hydrogens is 232 g/mol. The molecule has 0 aliphatic heterocycles. The van der Waals surface area contributed by atoms with Crippen molar-refractivity contribution in [2.45, 2.75) is 18.8 Å². The number of benzene rings is 1. The second-order valence-electron chi connectivity index (χ2n) is 3.26. The molecule has 0 aromatic heterocycles. The normalized spacial score (nSPS) is 13.3. The molecule has 0 aliphatic rings. The van der Waals surface area contributed by atoms with Crippen LogP contribution in [0.2, 0.25) is 0 Å². The Bertz CT molecular complexity index is 451. The molecule has 0 aliphatic carbocycles. The summed E-state index contributed by atoms with van der Waals surface area (Å²) in [5, 5.41) is 8.52. The summed E-state index contributed by atoms with van der Waals surface area (Å²) >= 11 is 0. The summed E-state index contributed by atoms with van der Waals surface area (Å²) in [6.07, 6.45) is -1.37. The highest BCUT2D eigenvalue weighted by molar-refractivity contribution is 7.85. The van der Waals surface area contributed by atoms with Crippen LogP contribution in [0.4, 0.5) is 0 Å². The Morgan fingerprint density at radius 2 is 1.94 bits per heavy atom. The van der Waals surface area contributed by atoms with Crippen LogP contribution in [-0.2, 0) is 24.8 Å². The molecular formula is C10H12O5S. The van der Waals surface area contributed by atoms with Gasteiger partial charge in [0.15, 0.2) is 6.10 Å². The third-order valence-electron chi connectivity index (χ3n) is 1.82. The van der Waals surface area contributed by atoms with Crippen molar-refractivity contribution in [2.24, 2.45) is 0 Å². The lowest BCUT2D eigenvalue weighted by Gasteiger charge is -2.08. The standard InChI is InChI=1S/C10H12O5S/c1-8(10(11)12)15-16(13,14)7-9-5-3-2-4-6-9/h2-6,8H,7H2,1H3,(H,11,12). The monoisotopic (exact) mass is 244 g/mol. The molecule has 5 nitrogen and oxygen atoms in total. The van der Waals surface area contributed by atoms with Crippen LogP contribution in [-0.4, -0.2) is 25.6 Å². The molecule has 0 radical (unpaired) electrons. The van der Waals surface area contributed by atoms with E-state index < -0.39 is 22.2 Å². The van der Waals surface area contributed by atoms with Gasteiger partial charge < -0.3 is 5.11 Å². The number of hydrogen-bond acceptors (Lipinski definition) is 4. The summed E-state index contributed by atoms with van der Waals surface area (Å²) in [7, 11) is -3.86. The first kappa shape index (κ1) is 12.7. The number of carboxylic acid groups (broad SMARTS) is 1. The highest BCUT2D eigenvalue weighted by Gasteiger charge is 2.21. The van der Waals surface area contributed by atoms with E-state index in [-0.39, 0.29) is 5.75 Å². The van der Waals surface area contributed by atoms with Crippen molar-refractivity contribution in [3.05, 3.63) is 35.9 Å². The van der Waals surface area contributed by atoms with Crippen LogP contribution in [0.25, 0.3) is 0 Å². The van der Waals surface area contributed by atoms with Crippen LogP contribution >= 0.6 is 0 Å². The average molecular weight is 244 g/mol. The number of aliphatic carboxylic acids is 1. The molecule has 0 heterocycles. The Kier molecular flexibility index (Phi) is 4.03. The van der Waals surface area contributed by atoms with E-state index in [0.717, 1.165) is 0 Å². The Morgan fingerprint density at radius 1 is 1.38 bits per heavy atom. The van der Waals surface area contributed by atoms with E-state index in [9.17, 15) is 13.2 Å². The lowest BCUT2D eigenvalue weighted by molar-refractivity contribution is -0.144. The van der Waals surface area contributed by atoms with Crippen molar-refractivity contribution in [3.8, 4) is 0 Å². The Labute approximate surface area is 93.8 Å². The van der Waals surface area contributed by atoms with Crippen LogP contribution in [0.15, 0.2) is 30.3 Å². The van der Waals surface area contributed by atoms with Crippen LogP contribution < -0.4 is 0 Å². The van der Waals surface area contributed by atoms with Crippen LogP contribution in [0.1, 0.15) is 12.5 Å². The van der Waals surface area contributed by atoms with Gasteiger partial charge in [0.1, 0.15) is 5.75 Å². The Balaban J connectivity index is 2.70. The topological polar surface area (TPSA) is 80.7 Å². The summed E-state index contributed by atoms with van der Waals surface area (Å²) in [6, 6.07) is 8.42. The van der Waals surface area contributed by atoms with Crippen molar-refractivity contribution < 1.29 is 22.5 Å². The molecule has 0 saturated heterocycles. The minimum absolute atomic E-state index is 0.328. The second-order valence-corrected chi connectivity index (χ2v) is 4.86. The minimum Gasteiger partial charge on any atom is -0.479 e. The maximum atomic E-state index is 11.4. The van der Waals surface area contributed by atoms with Gasteiger partial charge >= 0.3 is 5.97 Å². The molecule has 88 valence electrons. The maximum absolute atomic E-state index is 11.4. The third kappa shape index (κ3) is 4.00. The van der Waals surface area contributed by atoms with Crippen molar-refractivity contribution >= 4 is 16.1 Å². The molecule has 16 heavy (non-hydrogen) atoms. The summed E-state index contributed by atoms with van der Waals surface area (Å²) in [4.78, 5) is 10.4. The van der Waals surface area contributed by atoms with Gasteiger partial charge in [0.2, 0.25) is 0 Å². The molecule has 1 N–H and O–H groups in total. The van der Waals surface area contributed by atoms with Crippen LogP contribution in [0.3, 0.4) is 0 Å². The zero-order valence-corrected chi connectivity index (χ0v) is 9.48. The Morgan fingerprint density at radius 3 is 2.44 bits per heavy atom. The molecule has 1 rings (SSSR count). The lowest BCUT2D eigenvalue weighted by atomic mass is 10.2. The van der Waals surface area contributed by atoms with Gasteiger partial charge in [-0.2, -0.15) is 8.42 Å². The molecule has 0 saturated carbocycles. The summed E-state index contributed by atoms with van der Waals surface area (Å²) < 4.78 is 27.3. The van der Waals surface area contributed by atoms with E-state index in [4.69, 9.17) is 5.11 Å². The van der Waals surface area contributed by atoms with E-state index >= 15 is 0 Å². The molecule has 0 amide bonds. The van der Waals surface area contributed by atoms with E-state index in [1.54, 1.807) is 30.3 Å². The first-order chi connectivity index (χ1) is 7.41. The summed E-state index contributed by atoms with van der Waals surface area (Å²) in [5.74, 6) is -1.64. The minimum atomic E-state index is -3.86. The number of rotatable bonds is 5. The van der Waals surface area contributed by atoms with Gasteiger partial charge in [-0.25, -0.2) is 4.79 Å². The zero-order valence-electron chi connectivity index (χ0n) is 8.66. The molecule has 0 fully saturated rings. The van der Waals surface area contributed by atoms with Crippen molar-refractivity contribution in [1.82, 2.24) is 0 Å². The number of carboxylic acids is 1. The maximum Gasteiger partial charge on any atom is 0.334 e. The van der Waals surface area contributed by atoms with E-state index in [0.29, 0.717) is 5.56 Å². The van der Waals surface area contributed by atoms with Gasteiger partial charge in [0, 0.05) is 0 Å². The second kappa shape index (κ2) is 5.09. The molecule has 0 spiro atoms. The fourth-order valence-corrected chi connectivity index (χ4v) is 2.26. The first-order valence-electron chi connectivity index (χ1n) is 4.58. The van der Waals surface area contributed by atoms with Crippen molar-refractivity contribution in [3.63, 3.8) is 0 Å². The zero-order chi connectivity index (χ0) is 12.2. The van der Waals surface area contributed by atoms with Gasteiger partial charge in [0.25, 0.3) is 10.1 Å². The van der Waals surface area contributed by atoms with Crippen LogP contribution in [0.5, 0.6) is 0 Å². The smallest absolute Gasteiger partial charge is 0.334 e. The van der Waals surface area contributed by atoms with Gasteiger partial charge in [0.05, 0.1) is 0 Å². The van der Waals surface area contributed by atoms with E-state index in [1.165, 1.54) is 6.92 Å². The Hall–Kier alpha value is -1.40. The van der Waals surface area contributed by atoms with Crippen LogP contribution in [0, 0.1) is 0 Å². The first-order valence-corrected chi connectivity index (χ1v) is 6.16. The fraction of sp³-hybridized carbons (Fsp3) is 0.300. The third-order valence-corrected chi connectivity index (χ3v) is 3.09. The SMILES string of the molecule is CC(OS(=O)(=O)Cc1ccccc1)C(=O)O. The van der Waals surface area contributed by atoms with Gasteiger partial charge in [-0.15, -0.1) is 0 Å². The lowest BCUT2D eigenvalue weighted by Crippen LogP contribution is -2.24. The van der Waals surface area contributed by atoms with E-state index in [2.05, 4.69) is 4.18 Å². The van der Waals surface area contributed by atoms with Gasteiger partial charge in [-0.3, -0.25) is 4.18 Å². The van der Waals surface area contributed by atoms with E-state index in [1.807, 2.05) is 0 Å². The summed E-state index contributed by atoms with van der Waals surface area (Å²) in [5.41, 5.74) is 0.556. The highest BCUT2D eigenvalue weighted by Crippen LogP contribution is 2.09. The quantitative estimate of drug-likeness (QED) is 0.782. The largest absolute Gasteiger partial charge is 0.479 e. The average Bonchev–Trinajstić information content (AvgIpc) is 2.17. The van der Waals surface area contributed by atoms with Crippen molar-refractivity contribution in [2.75, 3.05) is 0 Å². The molecule has 1 aromatic rings. The number of carbonyl (C=O) groups is 1. The highest BCUT2D eigenvalue weighted by atomic mass is 32.2. The molecule has 1 unspecified atom stereocenters.